The van der Waals surface area contributed by atoms with Crippen molar-refractivity contribution >= 4 is 5.91 Å². The first-order valence-corrected chi connectivity index (χ1v) is 10.3. The summed E-state index contributed by atoms with van der Waals surface area (Å²) >= 11 is 0. The Morgan fingerprint density at radius 2 is 1.84 bits per heavy atom. The van der Waals surface area contributed by atoms with Crippen LogP contribution in [0.3, 0.4) is 0 Å². The summed E-state index contributed by atoms with van der Waals surface area (Å²) in [4.78, 5) is 15.0. The van der Waals surface area contributed by atoms with Gasteiger partial charge in [-0.3, -0.25) is 4.79 Å². The number of primary amides is 1. The monoisotopic (exact) mass is 422 g/mol. The van der Waals surface area contributed by atoms with Crippen LogP contribution in [0, 0.1) is 0 Å². The molecule has 7 heteroatoms. The van der Waals surface area contributed by atoms with E-state index >= 15 is 0 Å². The SMILES string of the molecule is CC(C)(COc1ccc(-n2ccnc2)cc1)NCC(O)Cc1ccc(CC(N)=O)cc1. The number of rotatable bonds is 11. The Morgan fingerprint density at radius 1 is 1.16 bits per heavy atom. The van der Waals surface area contributed by atoms with Crippen LogP contribution in [0.5, 0.6) is 5.75 Å². The van der Waals surface area contributed by atoms with Crippen LogP contribution in [0.2, 0.25) is 0 Å². The third-order valence-electron chi connectivity index (χ3n) is 4.93. The van der Waals surface area contributed by atoms with E-state index in [4.69, 9.17) is 10.5 Å². The van der Waals surface area contributed by atoms with Crippen LogP contribution in [0.4, 0.5) is 0 Å². The number of hydrogen-bond donors (Lipinski definition) is 3. The first-order valence-electron chi connectivity index (χ1n) is 10.3. The first kappa shape index (κ1) is 22.5. The molecular weight excluding hydrogens is 392 g/mol. The van der Waals surface area contributed by atoms with Crippen LogP contribution >= 0.6 is 0 Å². The number of aliphatic hydroxyl groups excluding tert-OH is 1. The summed E-state index contributed by atoms with van der Waals surface area (Å²) in [5.74, 6) is 0.436. The van der Waals surface area contributed by atoms with Gasteiger partial charge < -0.3 is 25.5 Å². The lowest BCUT2D eigenvalue weighted by Gasteiger charge is -2.28. The zero-order valence-corrected chi connectivity index (χ0v) is 18.0. The number of hydrogen-bond acceptors (Lipinski definition) is 5. The van der Waals surface area contributed by atoms with Crippen molar-refractivity contribution in [1.82, 2.24) is 14.9 Å². The van der Waals surface area contributed by atoms with E-state index in [1.165, 1.54) is 0 Å². The number of carbonyl (C=O) groups excluding carboxylic acids is 1. The Labute approximate surface area is 182 Å². The minimum Gasteiger partial charge on any atom is -0.492 e. The Balaban J connectivity index is 1.43. The van der Waals surface area contributed by atoms with Gasteiger partial charge in [0.25, 0.3) is 0 Å². The molecule has 0 fully saturated rings. The summed E-state index contributed by atoms with van der Waals surface area (Å²) in [6.45, 7) is 4.99. The average molecular weight is 423 g/mol. The molecule has 0 bridgehead atoms. The molecule has 1 heterocycles. The van der Waals surface area contributed by atoms with Crippen molar-refractivity contribution in [3.8, 4) is 11.4 Å². The van der Waals surface area contributed by atoms with Gasteiger partial charge in [-0.15, -0.1) is 0 Å². The van der Waals surface area contributed by atoms with Crippen molar-refractivity contribution in [2.24, 2.45) is 5.73 Å². The standard InChI is InChI=1S/C24H30N4O3/c1-24(2,16-31-22-9-7-20(8-10-22)28-12-11-26-17-28)27-15-21(29)13-18-3-5-19(6-4-18)14-23(25)30/h3-12,17,21,27,29H,13-16H2,1-2H3,(H2,25,30). The van der Waals surface area contributed by atoms with Gasteiger partial charge in [0.15, 0.2) is 0 Å². The van der Waals surface area contributed by atoms with E-state index in [1.807, 2.05) is 73.1 Å². The predicted molar refractivity (Wildman–Crippen MR) is 120 cm³/mol. The van der Waals surface area contributed by atoms with Crippen LogP contribution in [-0.2, 0) is 17.6 Å². The number of amides is 1. The number of aliphatic hydroxyl groups is 1. The second kappa shape index (κ2) is 10.2. The molecule has 4 N–H and O–H groups in total. The predicted octanol–water partition coefficient (Wildman–Crippen LogP) is 2.25. The number of nitrogens with two attached hydrogens (primary N) is 1. The maximum absolute atomic E-state index is 11.0. The molecule has 0 aliphatic carbocycles. The quantitative estimate of drug-likeness (QED) is 0.440. The fourth-order valence-corrected chi connectivity index (χ4v) is 3.17. The van der Waals surface area contributed by atoms with Crippen molar-refractivity contribution < 1.29 is 14.6 Å². The molecule has 2 aromatic carbocycles. The molecule has 0 radical (unpaired) electrons. The topological polar surface area (TPSA) is 102 Å². The summed E-state index contributed by atoms with van der Waals surface area (Å²) in [6, 6.07) is 15.4. The van der Waals surface area contributed by atoms with Gasteiger partial charge in [-0.1, -0.05) is 24.3 Å². The van der Waals surface area contributed by atoms with Gasteiger partial charge in [-0.25, -0.2) is 4.98 Å². The third kappa shape index (κ3) is 7.24. The smallest absolute Gasteiger partial charge is 0.221 e. The molecular formula is C24H30N4O3. The minimum absolute atomic E-state index is 0.227. The fourth-order valence-electron chi connectivity index (χ4n) is 3.17. The van der Waals surface area contributed by atoms with Crippen molar-refractivity contribution in [3.63, 3.8) is 0 Å². The Kier molecular flexibility index (Phi) is 7.44. The highest BCUT2D eigenvalue weighted by molar-refractivity contribution is 5.76. The lowest BCUT2D eigenvalue weighted by Crippen LogP contribution is -2.48. The second-order valence-electron chi connectivity index (χ2n) is 8.33. The number of β-amino-alcohol motifs (C(OH)–C–C–N with tert-alkyl or cyclic N) is 1. The molecule has 1 amide bonds. The molecule has 0 saturated carbocycles. The highest BCUT2D eigenvalue weighted by Gasteiger charge is 2.20. The van der Waals surface area contributed by atoms with E-state index in [1.54, 1.807) is 12.5 Å². The average Bonchev–Trinajstić information content (AvgIpc) is 3.27. The van der Waals surface area contributed by atoms with Gasteiger partial charge in [-0.05, 0) is 55.7 Å². The molecule has 3 rings (SSSR count). The molecule has 164 valence electrons. The molecule has 0 aliphatic rings. The number of ether oxygens (including phenoxy) is 1. The Hall–Kier alpha value is -3.16. The van der Waals surface area contributed by atoms with Crippen LogP contribution in [0.25, 0.3) is 5.69 Å². The number of benzene rings is 2. The molecule has 7 nitrogen and oxygen atoms in total. The molecule has 1 aromatic heterocycles. The van der Waals surface area contributed by atoms with Gasteiger partial charge >= 0.3 is 0 Å². The third-order valence-corrected chi connectivity index (χ3v) is 4.93. The van der Waals surface area contributed by atoms with Crippen molar-refractivity contribution in [2.75, 3.05) is 13.2 Å². The lowest BCUT2D eigenvalue weighted by atomic mass is 10.0. The van der Waals surface area contributed by atoms with Crippen molar-refractivity contribution in [2.45, 2.75) is 38.3 Å². The van der Waals surface area contributed by atoms with Gasteiger partial charge in [-0.2, -0.15) is 0 Å². The molecule has 0 spiro atoms. The number of nitrogens with one attached hydrogen (secondary N) is 1. The van der Waals surface area contributed by atoms with Gasteiger partial charge in [0.2, 0.25) is 5.91 Å². The molecule has 1 unspecified atom stereocenters. The molecule has 1 atom stereocenters. The van der Waals surface area contributed by atoms with E-state index in [-0.39, 0.29) is 17.9 Å². The summed E-state index contributed by atoms with van der Waals surface area (Å²) in [5.41, 5.74) is 7.81. The second-order valence-corrected chi connectivity index (χ2v) is 8.33. The van der Waals surface area contributed by atoms with Crippen LogP contribution in [-0.4, -0.2) is 45.4 Å². The van der Waals surface area contributed by atoms with E-state index < -0.39 is 6.10 Å². The van der Waals surface area contributed by atoms with Crippen LogP contribution in [0.1, 0.15) is 25.0 Å². The molecule has 0 aliphatic heterocycles. The maximum atomic E-state index is 11.0. The van der Waals surface area contributed by atoms with E-state index in [9.17, 15) is 9.90 Å². The van der Waals surface area contributed by atoms with Crippen molar-refractivity contribution in [1.29, 1.82) is 0 Å². The normalized spacial score (nSPS) is 12.5. The number of carbonyl (C=O) groups is 1. The van der Waals surface area contributed by atoms with E-state index in [0.717, 1.165) is 22.6 Å². The van der Waals surface area contributed by atoms with E-state index in [2.05, 4.69) is 10.3 Å². The summed E-state index contributed by atoms with van der Waals surface area (Å²) in [7, 11) is 0. The van der Waals surface area contributed by atoms with Crippen molar-refractivity contribution in [3.05, 3.63) is 78.4 Å². The Bertz CT molecular complexity index is 952. The highest BCUT2D eigenvalue weighted by atomic mass is 16.5. The molecule has 0 saturated heterocycles. The number of aromatic nitrogens is 2. The van der Waals surface area contributed by atoms with E-state index in [0.29, 0.717) is 19.6 Å². The Morgan fingerprint density at radius 3 is 2.45 bits per heavy atom. The first-order chi connectivity index (χ1) is 14.8. The van der Waals surface area contributed by atoms with Gasteiger partial charge in [0, 0.05) is 30.2 Å². The zero-order valence-electron chi connectivity index (χ0n) is 18.0. The van der Waals surface area contributed by atoms with Gasteiger partial charge in [0.1, 0.15) is 12.4 Å². The molecule has 31 heavy (non-hydrogen) atoms. The van der Waals surface area contributed by atoms with Gasteiger partial charge in [0.05, 0.1) is 18.9 Å². The largest absolute Gasteiger partial charge is 0.492 e. The molecule has 3 aromatic rings. The highest BCUT2D eigenvalue weighted by Crippen LogP contribution is 2.17. The fraction of sp³-hybridized carbons (Fsp3) is 0.333. The maximum Gasteiger partial charge on any atom is 0.221 e. The zero-order chi connectivity index (χ0) is 22.3. The number of imidazole rings is 1. The number of nitrogens with zero attached hydrogens (tertiary/aromatic N) is 2. The lowest BCUT2D eigenvalue weighted by molar-refractivity contribution is -0.117. The van der Waals surface area contributed by atoms with Crippen LogP contribution in [0.15, 0.2) is 67.3 Å². The summed E-state index contributed by atoms with van der Waals surface area (Å²) in [5, 5.41) is 13.8. The summed E-state index contributed by atoms with van der Waals surface area (Å²) < 4.78 is 7.86. The minimum atomic E-state index is -0.532. The summed E-state index contributed by atoms with van der Waals surface area (Å²) in [6.07, 6.45) is 5.61. The van der Waals surface area contributed by atoms with Crippen LogP contribution < -0.4 is 15.8 Å².